The van der Waals surface area contributed by atoms with Crippen molar-refractivity contribution in [3.8, 4) is 5.75 Å². The summed E-state index contributed by atoms with van der Waals surface area (Å²) in [6.45, 7) is -0.680. The first-order valence-corrected chi connectivity index (χ1v) is 8.99. The first kappa shape index (κ1) is 19.1. The largest absolute Gasteiger partial charge is 0.475 e. The average Bonchev–Trinajstić information content (AvgIpc) is 2.75. The van der Waals surface area contributed by atoms with Gasteiger partial charge in [-0.05, 0) is 22.9 Å². The second-order valence-corrected chi connectivity index (χ2v) is 6.42. The maximum atomic E-state index is 12.1. The van der Waals surface area contributed by atoms with Crippen LogP contribution in [-0.2, 0) is 16.1 Å². The van der Waals surface area contributed by atoms with Crippen molar-refractivity contribution in [2.75, 3.05) is 6.61 Å². The van der Waals surface area contributed by atoms with Crippen molar-refractivity contribution in [2.45, 2.75) is 6.61 Å². The van der Waals surface area contributed by atoms with Crippen molar-refractivity contribution in [1.82, 2.24) is 0 Å². The van der Waals surface area contributed by atoms with Gasteiger partial charge in [0.1, 0.15) is 12.2 Å². The summed E-state index contributed by atoms with van der Waals surface area (Å²) in [6.07, 6.45) is 0. The third kappa shape index (κ3) is 3.83. The van der Waals surface area contributed by atoms with Crippen LogP contribution in [0.3, 0.4) is 0 Å². The molecular weight excluding hydrogens is 390 g/mol. The fourth-order valence-electron chi connectivity index (χ4n) is 3.20. The van der Waals surface area contributed by atoms with E-state index >= 15 is 0 Å². The number of nitro benzene ring substituents is 1. The Kier molecular flexibility index (Phi) is 5.13. The summed E-state index contributed by atoms with van der Waals surface area (Å²) in [5.74, 6) is -0.758. The van der Waals surface area contributed by atoms with E-state index in [0.29, 0.717) is 16.5 Å². The Morgan fingerprint density at radius 1 is 1.03 bits per heavy atom. The zero-order chi connectivity index (χ0) is 21.1. The molecule has 8 nitrogen and oxygen atoms in total. The molecule has 8 heteroatoms. The lowest BCUT2D eigenvalue weighted by Gasteiger charge is -2.10. The fourth-order valence-corrected chi connectivity index (χ4v) is 3.20. The fraction of sp³-hybridized carbons (Fsp3) is 0.0909. The van der Waals surface area contributed by atoms with Crippen LogP contribution in [-0.4, -0.2) is 17.5 Å². The van der Waals surface area contributed by atoms with Gasteiger partial charge in [-0.2, -0.15) is 0 Å². The number of benzene rings is 3. The molecular formula is C22H15NO7. The molecule has 0 saturated carbocycles. The molecule has 0 fully saturated rings. The van der Waals surface area contributed by atoms with Crippen LogP contribution in [0, 0.1) is 10.1 Å². The molecule has 1 heterocycles. The van der Waals surface area contributed by atoms with Gasteiger partial charge >= 0.3 is 17.3 Å². The van der Waals surface area contributed by atoms with Crippen LogP contribution in [0.1, 0.15) is 5.56 Å². The van der Waals surface area contributed by atoms with Crippen molar-refractivity contribution >= 4 is 33.4 Å². The van der Waals surface area contributed by atoms with E-state index in [2.05, 4.69) is 0 Å². The average molecular weight is 405 g/mol. The number of fused-ring (bicyclic) bond motifs is 3. The van der Waals surface area contributed by atoms with Crippen molar-refractivity contribution in [3.63, 3.8) is 0 Å². The standard InChI is InChI=1S/C22H15NO7/c24-20-11-15(22-16-6-2-1-5-14(16)9-10-19(22)30-20)12-29-21(25)13-28-18-8-4-3-7-17(18)23(26)27/h1-11H,12-13H2. The molecule has 3 aromatic carbocycles. The number of carbonyl (C=O) groups excluding carboxylic acids is 1. The van der Waals surface area contributed by atoms with E-state index in [1.165, 1.54) is 24.3 Å². The number of rotatable bonds is 6. The molecule has 0 aliphatic rings. The van der Waals surface area contributed by atoms with E-state index in [0.717, 1.165) is 10.8 Å². The molecule has 0 atom stereocenters. The van der Waals surface area contributed by atoms with E-state index in [1.54, 1.807) is 12.1 Å². The molecule has 30 heavy (non-hydrogen) atoms. The zero-order valence-electron chi connectivity index (χ0n) is 15.6. The van der Waals surface area contributed by atoms with Gasteiger partial charge in [-0.1, -0.05) is 42.5 Å². The third-order valence-electron chi connectivity index (χ3n) is 4.51. The van der Waals surface area contributed by atoms with Gasteiger partial charge in [0.05, 0.1) is 4.92 Å². The molecule has 0 unspecified atom stereocenters. The van der Waals surface area contributed by atoms with Crippen LogP contribution in [0.2, 0.25) is 0 Å². The molecule has 150 valence electrons. The van der Waals surface area contributed by atoms with E-state index in [9.17, 15) is 19.7 Å². The number of ether oxygens (including phenoxy) is 2. The van der Waals surface area contributed by atoms with Gasteiger partial charge in [0.25, 0.3) is 0 Å². The molecule has 0 radical (unpaired) electrons. The smallest absolute Gasteiger partial charge is 0.344 e. The lowest BCUT2D eigenvalue weighted by atomic mass is 10.0. The summed E-state index contributed by atoms with van der Waals surface area (Å²) in [5.41, 5.74) is 0.0870. The lowest BCUT2D eigenvalue weighted by molar-refractivity contribution is -0.385. The predicted molar refractivity (Wildman–Crippen MR) is 108 cm³/mol. The van der Waals surface area contributed by atoms with Gasteiger partial charge in [0, 0.05) is 23.1 Å². The minimum atomic E-state index is -0.727. The van der Waals surface area contributed by atoms with Crippen LogP contribution < -0.4 is 10.4 Å². The molecule has 0 amide bonds. The summed E-state index contributed by atoms with van der Waals surface area (Å²) in [5, 5.41) is 13.5. The Hall–Kier alpha value is -4.20. The zero-order valence-corrected chi connectivity index (χ0v) is 15.6. The Morgan fingerprint density at radius 3 is 2.63 bits per heavy atom. The molecule has 0 saturated heterocycles. The Morgan fingerprint density at radius 2 is 1.80 bits per heavy atom. The van der Waals surface area contributed by atoms with Crippen LogP contribution in [0.5, 0.6) is 5.75 Å². The lowest BCUT2D eigenvalue weighted by Crippen LogP contribution is -2.16. The molecule has 0 aliphatic carbocycles. The Balaban J connectivity index is 1.54. The van der Waals surface area contributed by atoms with E-state index < -0.39 is 23.1 Å². The Bertz CT molecular complexity index is 1330. The monoisotopic (exact) mass is 405 g/mol. The quantitative estimate of drug-likeness (QED) is 0.157. The topological polar surface area (TPSA) is 109 Å². The molecule has 4 rings (SSSR count). The third-order valence-corrected chi connectivity index (χ3v) is 4.51. The normalized spacial score (nSPS) is 10.8. The number of para-hydroxylation sites is 2. The molecule has 0 N–H and O–H groups in total. The first-order valence-electron chi connectivity index (χ1n) is 8.99. The van der Waals surface area contributed by atoms with Gasteiger partial charge in [-0.15, -0.1) is 0 Å². The predicted octanol–water partition coefficient (Wildman–Crippen LogP) is 3.98. The highest BCUT2D eigenvalue weighted by Crippen LogP contribution is 2.28. The highest BCUT2D eigenvalue weighted by molar-refractivity contribution is 6.07. The van der Waals surface area contributed by atoms with E-state index in [4.69, 9.17) is 13.9 Å². The summed E-state index contributed by atoms with van der Waals surface area (Å²) in [6, 6.07) is 18.1. The van der Waals surface area contributed by atoms with Crippen molar-refractivity contribution in [2.24, 2.45) is 0 Å². The number of nitro groups is 1. The van der Waals surface area contributed by atoms with Crippen molar-refractivity contribution < 1.29 is 23.6 Å². The van der Waals surface area contributed by atoms with Gasteiger partial charge < -0.3 is 13.9 Å². The SMILES string of the molecule is O=C(COc1ccccc1[N+](=O)[O-])OCc1cc(=O)oc2ccc3ccccc3c12. The first-order chi connectivity index (χ1) is 14.5. The van der Waals surface area contributed by atoms with Gasteiger partial charge in [0.15, 0.2) is 12.4 Å². The molecule has 1 aromatic heterocycles. The minimum absolute atomic E-state index is 0.0313. The van der Waals surface area contributed by atoms with Crippen molar-refractivity contribution in [1.29, 1.82) is 0 Å². The molecule has 0 spiro atoms. The number of hydrogen-bond acceptors (Lipinski definition) is 7. The highest BCUT2D eigenvalue weighted by Gasteiger charge is 2.16. The number of esters is 1. The molecule has 4 aromatic rings. The maximum absolute atomic E-state index is 12.1. The molecule has 0 aliphatic heterocycles. The van der Waals surface area contributed by atoms with Crippen LogP contribution in [0.25, 0.3) is 21.7 Å². The van der Waals surface area contributed by atoms with Crippen LogP contribution in [0.4, 0.5) is 5.69 Å². The van der Waals surface area contributed by atoms with Gasteiger partial charge in [0.2, 0.25) is 0 Å². The Labute approximate surface area is 169 Å². The number of nitrogens with zero attached hydrogens (tertiary/aromatic N) is 1. The van der Waals surface area contributed by atoms with Crippen molar-refractivity contribution in [3.05, 3.63) is 92.8 Å². The highest BCUT2D eigenvalue weighted by atomic mass is 16.6. The van der Waals surface area contributed by atoms with Crippen LogP contribution in [0.15, 0.2) is 75.9 Å². The second kappa shape index (κ2) is 8.04. The summed E-state index contributed by atoms with van der Waals surface area (Å²) in [7, 11) is 0. The second-order valence-electron chi connectivity index (χ2n) is 6.42. The maximum Gasteiger partial charge on any atom is 0.344 e. The summed E-state index contributed by atoms with van der Waals surface area (Å²) < 4.78 is 15.8. The minimum Gasteiger partial charge on any atom is -0.475 e. The van der Waals surface area contributed by atoms with E-state index in [1.807, 2.05) is 30.3 Å². The summed E-state index contributed by atoms with van der Waals surface area (Å²) in [4.78, 5) is 34.5. The summed E-state index contributed by atoms with van der Waals surface area (Å²) >= 11 is 0. The molecule has 0 bridgehead atoms. The number of hydrogen-bond donors (Lipinski definition) is 0. The van der Waals surface area contributed by atoms with E-state index in [-0.39, 0.29) is 18.0 Å². The number of carbonyl (C=O) groups is 1. The van der Waals surface area contributed by atoms with Gasteiger partial charge in [-0.3, -0.25) is 10.1 Å². The van der Waals surface area contributed by atoms with Gasteiger partial charge in [-0.25, -0.2) is 9.59 Å². The van der Waals surface area contributed by atoms with Crippen LogP contribution >= 0.6 is 0 Å².